The van der Waals surface area contributed by atoms with Gasteiger partial charge in [0.1, 0.15) is 11.5 Å². The van der Waals surface area contributed by atoms with Crippen molar-refractivity contribution in [2.75, 3.05) is 0 Å². The van der Waals surface area contributed by atoms with Crippen molar-refractivity contribution in [3.05, 3.63) is 60.2 Å². The molecule has 0 saturated heterocycles. The van der Waals surface area contributed by atoms with Gasteiger partial charge < -0.3 is 26.8 Å². The Hall–Kier alpha value is -3.06. The van der Waals surface area contributed by atoms with Crippen LogP contribution in [0.2, 0.25) is 0 Å². The molecule has 2 aromatic carbocycles. The lowest BCUT2D eigenvalue weighted by atomic mass is 9.91. The van der Waals surface area contributed by atoms with Gasteiger partial charge in [0.05, 0.1) is 12.5 Å². The smallest absolute Gasteiger partial charge is 0.312 e. The van der Waals surface area contributed by atoms with Crippen LogP contribution in [0.1, 0.15) is 43.7 Å². The van der Waals surface area contributed by atoms with Crippen molar-refractivity contribution in [3.8, 4) is 11.5 Å². The zero-order chi connectivity index (χ0) is 20.6. The first-order valence-electron chi connectivity index (χ1n) is 9.93. The number of para-hydroxylation sites is 1. The number of benzene rings is 2. The molecule has 7 heteroatoms. The van der Waals surface area contributed by atoms with E-state index in [0.29, 0.717) is 11.5 Å². The molecule has 0 radical (unpaired) electrons. The van der Waals surface area contributed by atoms with Gasteiger partial charge in [-0.15, -0.1) is 0 Å². The molecule has 1 fully saturated rings. The SMILES string of the molecule is NC(=O)NC(CC(=O)NC1CCC(N)CC1)c1cccc(Oc2ccccc2)c1. The average molecular weight is 396 g/mol. The molecule has 0 spiro atoms. The lowest BCUT2D eigenvalue weighted by Gasteiger charge is -2.27. The molecular formula is C22H28N4O3. The van der Waals surface area contributed by atoms with Crippen molar-refractivity contribution in [2.24, 2.45) is 11.5 Å². The van der Waals surface area contributed by atoms with Gasteiger partial charge in [-0.1, -0.05) is 30.3 Å². The summed E-state index contributed by atoms with van der Waals surface area (Å²) in [6.07, 6.45) is 3.67. The summed E-state index contributed by atoms with van der Waals surface area (Å²) in [5, 5.41) is 5.71. The van der Waals surface area contributed by atoms with E-state index in [-0.39, 0.29) is 24.4 Å². The summed E-state index contributed by atoms with van der Waals surface area (Å²) in [6.45, 7) is 0. The molecule has 3 rings (SSSR count). The molecule has 7 nitrogen and oxygen atoms in total. The Morgan fingerprint density at radius 3 is 2.38 bits per heavy atom. The van der Waals surface area contributed by atoms with E-state index in [0.717, 1.165) is 31.2 Å². The van der Waals surface area contributed by atoms with Crippen LogP contribution in [0.25, 0.3) is 0 Å². The minimum absolute atomic E-state index is 0.0975. The maximum atomic E-state index is 12.6. The summed E-state index contributed by atoms with van der Waals surface area (Å²) in [6, 6.07) is 15.8. The van der Waals surface area contributed by atoms with E-state index in [2.05, 4.69) is 10.6 Å². The molecule has 154 valence electrons. The Bertz CT molecular complexity index is 820. The number of rotatable bonds is 7. The van der Waals surface area contributed by atoms with Gasteiger partial charge in [-0.2, -0.15) is 0 Å². The van der Waals surface area contributed by atoms with Gasteiger partial charge in [0.15, 0.2) is 0 Å². The molecule has 3 amide bonds. The van der Waals surface area contributed by atoms with E-state index in [1.807, 2.05) is 48.5 Å². The van der Waals surface area contributed by atoms with Crippen LogP contribution in [0, 0.1) is 0 Å². The zero-order valence-corrected chi connectivity index (χ0v) is 16.3. The summed E-state index contributed by atoms with van der Waals surface area (Å²) in [4.78, 5) is 24.1. The van der Waals surface area contributed by atoms with Gasteiger partial charge in [-0.05, 0) is 55.5 Å². The summed E-state index contributed by atoms with van der Waals surface area (Å²) >= 11 is 0. The average Bonchev–Trinajstić information content (AvgIpc) is 2.70. The van der Waals surface area contributed by atoms with E-state index in [9.17, 15) is 9.59 Å². The number of nitrogens with one attached hydrogen (secondary N) is 2. The normalized spacial score (nSPS) is 19.8. The molecule has 0 aliphatic heterocycles. The van der Waals surface area contributed by atoms with Crippen LogP contribution in [0.3, 0.4) is 0 Å². The molecule has 29 heavy (non-hydrogen) atoms. The number of nitrogens with two attached hydrogens (primary N) is 2. The van der Waals surface area contributed by atoms with Crippen molar-refractivity contribution >= 4 is 11.9 Å². The first-order valence-corrected chi connectivity index (χ1v) is 9.93. The fraction of sp³-hybridized carbons (Fsp3) is 0.364. The van der Waals surface area contributed by atoms with Crippen LogP contribution in [0.15, 0.2) is 54.6 Å². The third kappa shape index (κ3) is 6.50. The molecule has 1 aliphatic carbocycles. The largest absolute Gasteiger partial charge is 0.457 e. The van der Waals surface area contributed by atoms with E-state index in [1.165, 1.54) is 0 Å². The highest BCUT2D eigenvalue weighted by Crippen LogP contribution is 2.26. The number of hydrogen-bond acceptors (Lipinski definition) is 4. The third-order valence-electron chi connectivity index (χ3n) is 5.08. The van der Waals surface area contributed by atoms with Gasteiger partial charge in [0, 0.05) is 12.1 Å². The second-order valence-electron chi connectivity index (χ2n) is 7.43. The Kier molecular flexibility index (Phi) is 7.08. The van der Waals surface area contributed by atoms with Gasteiger partial charge >= 0.3 is 6.03 Å². The van der Waals surface area contributed by atoms with Gasteiger partial charge in [-0.3, -0.25) is 4.79 Å². The van der Waals surface area contributed by atoms with Crippen LogP contribution in [-0.2, 0) is 4.79 Å². The van der Waals surface area contributed by atoms with Gasteiger partial charge in [0.2, 0.25) is 5.91 Å². The molecule has 0 bridgehead atoms. The summed E-state index contributed by atoms with van der Waals surface area (Å²) in [5.74, 6) is 1.20. The Balaban J connectivity index is 1.67. The monoisotopic (exact) mass is 396 g/mol. The second kappa shape index (κ2) is 9.93. The minimum Gasteiger partial charge on any atom is -0.457 e. The number of primary amides is 1. The topological polar surface area (TPSA) is 119 Å². The third-order valence-corrected chi connectivity index (χ3v) is 5.08. The van der Waals surface area contributed by atoms with E-state index >= 15 is 0 Å². The maximum absolute atomic E-state index is 12.6. The van der Waals surface area contributed by atoms with Crippen molar-refractivity contribution < 1.29 is 14.3 Å². The van der Waals surface area contributed by atoms with Crippen LogP contribution in [0.5, 0.6) is 11.5 Å². The highest BCUT2D eigenvalue weighted by molar-refractivity contribution is 5.79. The number of carbonyl (C=O) groups is 2. The Morgan fingerprint density at radius 1 is 1.00 bits per heavy atom. The van der Waals surface area contributed by atoms with Crippen molar-refractivity contribution in [1.29, 1.82) is 0 Å². The molecule has 2 aromatic rings. The molecule has 6 N–H and O–H groups in total. The number of hydrogen-bond donors (Lipinski definition) is 4. The highest BCUT2D eigenvalue weighted by Gasteiger charge is 2.23. The van der Waals surface area contributed by atoms with E-state index in [1.54, 1.807) is 6.07 Å². The van der Waals surface area contributed by atoms with E-state index in [4.69, 9.17) is 16.2 Å². The molecule has 0 heterocycles. The predicted molar refractivity (Wildman–Crippen MR) is 111 cm³/mol. The van der Waals surface area contributed by atoms with Gasteiger partial charge in [0.25, 0.3) is 0 Å². The quantitative estimate of drug-likeness (QED) is 0.575. The summed E-state index contributed by atoms with van der Waals surface area (Å²) < 4.78 is 5.85. The van der Waals surface area contributed by atoms with Gasteiger partial charge in [-0.25, -0.2) is 4.79 Å². The Morgan fingerprint density at radius 2 is 1.69 bits per heavy atom. The molecule has 0 aromatic heterocycles. The van der Waals surface area contributed by atoms with Crippen molar-refractivity contribution in [1.82, 2.24) is 10.6 Å². The van der Waals surface area contributed by atoms with Crippen LogP contribution < -0.4 is 26.8 Å². The second-order valence-corrected chi connectivity index (χ2v) is 7.43. The summed E-state index contributed by atoms with van der Waals surface area (Å²) in [7, 11) is 0. The first-order chi connectivity index (χ1) is 14.0. The molecule has 1 unspecified atom stereocenters. The summed E-state index contributed by atoms with van der Waals surface area (Å²) in [5.41, 5.74) is 12.0. The van der Waals surface area contributed by atoms with Crippen LogP contribution in [0.4, 0.5) is 4.79 Å². The maximum Gasteiger partial charge on any atom is 0.312 e. The number of urea groups is 1. The van der Waals surface area contributed by atoms with Crippen LogP contribution >= 0.6 is 0 Å². The minimum atomic E-state index is -0.680. The van der Waals surface area contributed by atoms with Crippen LogP contribution in [-0.4, -0.2) is 24.0 Å². The fourth-order valence-electron chi connectivity index (χ4n) is 3.58. The molecule has 1 aliphatic rings. The van der Waals surface area contributed by atoms with Crippen molar-refractivity contribution in [2.45, 2.75) is 50.2 Å². The molecule has 1 atom stereocenters. The number of ether oxygens (including phenoxy) is 1. The molecule has 1 saturated carbocycles. The molecular weight excluding hydrogens is 368 g/mol. The standard InChI is InChI=1S/C22H28N4O3/c23-16-9-11-17(12-10-16)25-21(27)14-20(26-22(24)28)15-5-4-8-19(13-15)29-18-6-2-1-3-7-18/h1-8,13,16-17,20H,9-12,14,23H2,(H,25,27)(H3,24,26,28). The Labute approximate surface area is 170 Å². The van der Waals surface area contributed by atoms with Crippen molar-refractivity contribution in [3.63, 3.8) is 0 Å². The lowest BCUT2D eigenvalue weighted by Crippen LogP contribution is -2.42. The zero-order valence-electron chi connectivity index (χ0n) is 16.3. The number of amides is 3. The highest BCUT2D eigenvalue weighted by atomic mass is 16.5. The first kappa shape index (κ1) is 20.7. The lowest BCUT2D eigenvalue weighted by molar-refractivity contribution is -0.122. The fourth-order valence-corrected chi connectivity index (χ4v) is 3.58. The van der Waals surface area contributed by atoms with E-state index < -0.39 is 12.1 Å². The number of carbonyl (C=O) groups excluding carboxylic acids is 2. The predicted octanol–water partition coefficient (Wildman–Crippen LogP) is 2.96.